The molecule has 1 heterocycles. The maximum Gasteiger partial charge on any atom is 0.416 e. The average molecular weight is 385 g/mol. The van der Waals surface area contributed by atoms with Crippen molar-refractivity contribution in [3.63, 3.8) is 0 Å². The third kappa shape index (κ3) is 2.16. The van der Waals surface area contributed by atoms with E-state index in [2.05, 4.69) is 0 Å². The van der Waals surface area contributed by atoms with Crippen LogP contribution in [0.3, 0.4) is 0 Å². The minimum atomic E-state index is -4.58. The number of hydrogen-bond donors (Lipinski definition) is 0. The molecule has 0 aromatic heterocycles. The van der Waals surface area contributed by atoms with Gasteiger partial charge in [-0.15, -0.1) is 0 Å². The molecule has 7 heteroatoms. The van der Waals surface area contributed by atoms with Gasteiger partial charge in [-0.2, -0.15) is 13.2 Å². The lowest BCUT2D eigenvalue weighted by atomic mass is 9.56. The summed E-state index contributed by atoms with van der Waals surface area (Å²) in [6.45, 7) is 0. The first kappa shape index (κ1) is 17.2. The van der Waals surface area contributed by atoms with Crippen LogP contribution in [0, 0.1) is 11.8 Å². The van der Waals surface area contributed by atoms with E-state index in [-0.39, 0.29) is 17.9 Å². The molecule has 2 fully saturated rings. The van der Waals surface area contributed by atoms with Crippen molar-refractivity contribution >= 4 is 23.3 Å². The number of ketones is 1. The first-order chi connectivity index (χ1) is 13.3. The van der Waals surface area contributed by atoms with E-state index in [1.807, 2.05) is 12.1 Å². The van der Waals surface area contributed by atoms with Gasteiger partial charge in [0.2, 0.25) is 11.8 Å². The summed E-state index contributed by atoms with van der Waals surface area (Å²) >= 11 is 0. The van der Waals surface area contributed by atoms with E-state index in [9.17, 15) is 27.6 Å². The molecule has 0 radical (unpaired) electrons. The third-order valence-electron chi connectivity index (χ3n) is 6.12. The van der Waals surface area contributed by atoms with Crippen LogP contribution in [0.15, 0.2) is 48.5 Å². The molecule has 4 aliphatic rings. The van der Waals surface area contributed by atoms with Gasteiger partial charge in [0.05, 0.1) is 29.0 Å². The summed E-state index contributed by atoms with van der Waals surface area (Å²) in [7, 11) is 0. The summed E-state index contributed by atoms with van der Waals surface area (Å²) in [5, 5.41) is 0. The fraction of sp³-hybridized carbons (Fsp3) is 0.286. The Kier molecular flexibility index (Phi) is 3.39. The molecular weight excluding hydrogens is 371 g/mol. The zero-order valence-electron chi connectivity index (χ0n) is 14.4. The lowest BCUT2D eigenvalue weighted by Gasteiger charge is -2.43. The molecular formula is C21H14F3NO3. The van der Waals surface area contributed by atoms with Gasteiger partial charge in [-0.3, -0.25) is 14.4 Å². The van der Waals surface area contributed by atoms with Gasteiger partial charge in [0.25, 0.3) is 0 Å². The Labute approximate surface area is 157 Å². The second kappa shape index (κ2) is 5.53. The maximum atomic E-state index is 13.1. The van der Waals surface area contributed by atoms with E-state index < -0.39 is 47.2 Å². The van der Waals surface area contributed by atoms with Crippen LogP contribution < -0.4 is 4.90 Å². The first-order valence-electron chi connectivity index (χ1n) is 8.95. The Bertz CT molecular complexity index is 1050. The Balaban J connectivity index is 1.62. The van der Waals surface area contributed by atoms with Crippen molar-refractivity contribution in [3.05, 3.63) is 65.2 Å². The molecule has 2 aromatic carbocycles. The van der Waals surface area contributed by atoms with Crippen molar-refractivity contribution in [2.45, 2.75) is 24.4 Å². The number of alkyl halides is 3. The highest BCUT2D eigenvalue weighted by atomic mass is 19.4. The molecule has 2 amide bonds. The van der Waals surface area contributed by atoms with Crippen molar-refractivity contribution in [3.8, 4) is 0 Å². The number of rotatable bonds is 1. The number of imide groups is 1. The molecule has 0 unspecified atom stereocenters. The van der Waals surface area contributed by atoms with Crippen molar-refractivity contribution < 1.29 is 27.6 Å². The van der Waals surface area contributed by atoms with Gasteiger partial charge in [0.15, 0.2) is 0 Å². The Morgan fingerprint density at radius 3 is 2.25 bits per heavy atom. The number of nitrogens with zero attached hydrogens (tertiary/aromatic N) is 1. The predicted molar refractivity (Wildman–Crippen MR) is 92.5 cm³/mol. The maximum absolute atomic E-state index is 13.1. The normalized spacial score (nSPS) is 28.5. The van der Waals surface area contributed by atoms with Gasteiger partial charge < -0.3 is 0 Å². The van der Waals surface area contributed by atoms with Gasteiger partial charge in [0.1, 0.15) is 5.78 Å². The van der Waals surface area contributed by atoms with Gasteiger partial charge in [-0.25, -0.2) is 4.90 Å². The van der Waals surface area contributed by atoms with Crippen LogP contribution in [0.1, 0.15) is 34.9 Å². The van der Waals surface area contributed by atoms with E-state index in [1.54, 1.807) is 12.1 Å². The Morgan fingerprint density at radius 1 is 0.857 bits per heavy atom. The van der Waals surface area contributed by atoms with Crippen LogP contribution >= 0.6 is 0 Å². The van der Waals surface area contributed by atoms with Gasteiger partial charge in [-0.1, -0.05) is 30.3 Å². The summed E-state index contributed by atoms with van der Waals surface area (Å²) < 4.78 is 39.2. The van der Waals surface area contributed by atoms with Gasteiger partial charge in [-0.05, 0) is 29.3 Å². The minimum absolute atomic E-state index is 0.0861. The van der Waals surface area contributed by atoms with Crippen LogP contribution in [-0.2, 0) is 20.6 Å². The Morgan fingerprint density at radius 2 is 1.54 bits per heavy atom. The molecule has 0 spiro atoms. The second-order valence-corrected chi connectivity index (χ2v) is 7.50. The quantitative estimate of drug-likeness (QED) is 0.704. The number of amides is 2. The van der Waals surface area contributed by atoms with Crippen molar-refractivity contribution in [1.29, 1.82) is 0 Å². The largest absolute Gasteiger partial charge is 0.416 e. The zero-order chi connectivity index (χ0) is 19.8. The fourth-order valence-corrected chi connectivity index (χ4v) is 5.04. The summed E-state index contributed by atoms with van der Waals surface area (Å²) in [6, 6.07) is 11.5. The Hall–Kier alpha value is -2.96. The third-order valence-corrected chi connectivity index (χ3v) is 6.12. The lowest BCUT2D eigenvalue weighted by Crippen LogP contribution is -2.44. The highest BCUT2D eigenvalue weighted by Crippen LogP contribution is 2.57. The second-order valence-electron chi connectivity index (χ2n) is 7.50. The van der Waals surface area contributed by atoms with E-state index in [0.717, 1.165) is 28.2 Å². The molecule has 142 valence electrons. The smallest absolute Gasteiger partial charge is 0.299 e. The highest BCUT2D eigenvalue weighted by molar-refractivity contribution is 6.24. The molecule has 1 saturated carbocycles. The monoisotopic (exact) mass is 385 g/mol. The van der Waals surface area contributed by atoms with E-state index in [0.29, 0.717) is 0 Å². The fourth-order valence-electron chi connectivity index (χ4n) is 5.04. The lowest BCUT2D eigenvalue weighted by molar-refractivity contribution is -0.137. The average Bonchev–Trinajstić information content (AvgIpc) is 2.93. The summed E-state index contributed by atoms with van der Waals surface area (Å²) in [5.41, 5.74) is 0.621. The number of Topliss-reactive ketones (excluding diaryl/α,β-unsaturated/α-hetero) is 1. The van der Waals surface area contributed by atoms with Gasteiger partial charge in [0, 0.05) is 12.3 Å². The van der Waals surface area contributed by atoms with Crippen LogP contribution in [-0.4, -0.2) is 17.6 Å². The number of carbonyl (C=O) groups excluding carboxylic acids is 3. The SMILES string of the molecule is O=C1C[C@H]2c3ccccc3[C@@H]1[C@H]1C(=O)N(c3cccc(C(F)(F)F)c3)C(=O)[C@@H]12. The topological polar surface area (TPSA) is 54.5 Å². The first-order valence-corrected chi connectivity index (χ1v) is 8.95. The summed E-state index contributed by atoms with van der Waals surface area (Å²) in [4.78, 5) is 39.7. The highest BCUT2D eigenvalue weighted by Gasteiger charge is 2.62. The molecule has 3 aliphatic carbocycles. The van der Waals surface area contributed by atoms with Crippen LogP contribution in [0.2, 0.25) is 0 Å². The van der Waals surface area contributed by atoms with Crippen molar-refractivity contribution in [1.82, 2.24) is 0 Å². The summed E-state index contributed by atoms with van der Waals surface area (Å²) in [6.07, 6.45) is -4.40. The molecule has 4 atom stereocenters. The van der Waals surface area contributed by atoms with Crippen LogP contribution in [0.5, 0.6) is 0 Å². The van der Waals surface area contributed by atoms with Crippen LogP contribution in [0.4, 0.5) is 18.9 Å². The number of benzene rings is 2. The number of hydrogen-bond acceptors (Lipinski definition) is 3. The van der Waals surface area contributed by atoms with Crippen LogP contribution in [0.25, 0.3) is 0 Å². The van der Waals surface area contributed by atoms with Crippen molar-refractivity contribution in [2.75, 3.05) is 4.90 Å². The van der Waals surface area contributed by atoms with E-state index >= 15 is 0 Å². The zero-order valence-corrected chi connectivity index (χ0v) is 14.4. The van der Waals surface area contributed by atoms with E-state index in [4.69, 9.17) is 0 Å². The molecule has 4 nitrogen and oxygen atoms in total. The molecule has 0 N–H and O–H groups in total. The molecule has 28 heavy (non-hydrogen) atoms. The van der Waals surface area contributed by atoms with Gasteiger partial charge >= 0.3 is 6.18 Å². The number of anilines is 1. The molecule has 1 aliphatic heterocycles. The summed E-state index contributed by atoms with van der Waals surface area (Å²) in [5.74, 6) is -3.87. The molecule has 2 bridgehead atoms. The molecule has 6 rings (SSSR count). The van der Waals surface area contributed by atoms with Crippen molar-refractivity contribution in [2.24, 2.45) is 11.8 Å². The molecule has 2 aromatic rings. The number of halogens is 3. The molecule has 1 saturated heterocycles. The van der Waals surface area contributed by atoms with E-state index in [1.165, 1.54) is 12.1 Å². The number of carbonyl (C=O) groups is 3. The standard InChI is InChI=1S/C21H14F3NO3/c22-21(23,24)10-4-3-5-11(8-10)25-19(27)17-14-9-15(26)16(18(17)20(25)28)13-7-2-1-6-12(13)14/h1-8,14,16-18H,9H2/t14-,16-,17+,18+/m0/s1. The minimum Gasteiger partial charge on any atom is -0.299 e. The number of fused-ring (bicyclic) bond motifs is 1. The predicted octanol–water partition coefficient (Wildman–Crippen LogP) is 3.66.